The zero-order valence-electron chi connectivity index (χ0n) is 22.0. The summed E-state index contributed by atoms with van der Waals surface area (Å²) in [5.41, 5.74) is 4.32. The van der Waals surface area contributed by atoms with Crippen LogP contribution in [-0.2, 0) is 20.4 Å². The number of carboxylic acid groups (broad SMARTS) is 1. The van der Waals surface area contributed by atoms with E-state index in [2.05, 4.69) is 76.8 Å². The Hall–Kier alpha value is -2.57. The Balaban J connectivity index is 2.32. The van der Waals surface area contributed by atoms with Crippen LogP contribution in [-0.4, -0.2) is 63.0 Å². The Morgan fingerprint density at radius 2 is 1.26 bits per heavy atom. The van der Waals surface area contributed by atoms with Crippen molar-refractivity contribution in [1.82, 2.24) is 4.90 Å². The van der Waals surface area contributed by atoms with Gasteiger partial charge in [-0.25, -0.2) is 4.79 Å². The van der Waals surface area contributed by atoms with Crippen LogP contribution in [0.3, 0.4) is 0 Å². The van der Waals surface area contributed by atoms with Crippen molar-refractivity contribution in [2.75, 3.05) is 47.1 Å². The molecule has 0 aliphatic heterocycles. The lowest BCUT2D eigenvalue weighted by Crippen LogP contribution is -2.21. The van der Waals surface area contributed by atoms with Crippen LogP contribution in [0.1, 0.15) is 52.7 Å². The molecule has 0 heterocycles. The molecule has 0 saturated heterocycles. The molecule has 0 atom stereocenters. The van der Waals surface area contributed by atoms with Crippen molar-refractivity contribution >= 4 is 5.97 Å². The van der Waals surface area contributed by atoms with Crippen LogP contribution in [0.4, 0.5) is 0 Å². The van der Waals surface area contributed by atoms with E-state index in [-0.39, 0.29) is 24.0 Å². The second-order valence-electron chi connectivity index (χ2n) is 10.9. The van der Waals surface area contributed by atoms with E-state index in [4.69, 9.17) is 19.3 Å². The monoisotopic (exact) mass is 471 g/mol. The molecule has 34 heavy (non-hydrogen) atoms. The summed E-state index contributed by atoms with van der Waals surface area (Å²) in [6.45, 7) is 14.8. The van der Waals surface area contributed by atoms with Crippen LogP contribution in [0, 0.1) is 0 Å². The summed E-state index contributed by atoms with van der Waals surface area (Å²) in [4.78, 5) is 12.7. The fourth-order valence-electron chi connectivity index (χ4n) is 3.55. The van der Waals surface area contributed by atoms with E-state index in [1.165, 1.54) is 5.56 Å². The number of carboxylic acids is 1. The molecule has 0 unspecified atom stereocenters. The summed E-state index contributed by atoms with van der Waals surface area (Å²) in [5.74, 6) is 0.730. The first kappa shape index (κ1) is 27.7. The molecule has 2 aromatic carbocycles. The summed E-state index contributed by atoms with van der Waals surface area (Å²) in [6.07, 6.45) is 0. The normalized spacial score (nSPS) is 12.1. The molecular weight excluding hydrogens is 430 g/mol. The molecule has 0 saturated carbocycles. The third-order valence-electron chi connectivity index (χ3n) is 5.42. The third kappa shape index (κ3) is 8.33. The van der Waals surface area contributed by atoms with Crippen molar-refractivity contribution in [2.24, 2.45) is 0 Å². The number of rotatable bonds is 11. The summed E-state index contributed by atoms with van der Waals surface area (Å²) in [7, 11) is 4.08. The van der Waals surface area contributed by atoms with Gasteiger partial charge in [0.1, 0.15) is 31.3 Å². The Morgan fingerprint density at radius 1 is 0.794 bits per heavy atom. The zero-order valence-corrected chi connectivity index (χ0v) is 22.0. The number of hydrogen-bond donors (Lipinski definition) is 1. The molecule has 2 aromatic rings. The van der Waals surface area contributed by atoms with Gasteiger partial charge in [0.2, 0.25) is 0 Å². The molecular formula is C28H41NO5. The van der Waals surface area contributed by atoms with Crippen LogP contribution in [0.5, 0.6) is 11.5 Å². The number of ether oxygens (including phenoxy) is 3. The highest BCUT2D eigenvalue weighted by Gasteiger charge is 2.23. The first-order valence-electron chi connectivity index (χ1n) is 11.8. The standard InChI is InChI=1S/C28H41NO5/c1-27(2,3)22-17-20(9-11-24(22)33-14-13-29(7)8)21-10-12-25(23(18-21)28(4,5)6)34-16-15-32-19-26(30)31/h9-12,17-18H,13-16,19H2,1-8H3,(H,30,31). The highest BCUT2D eigenvalue weighted by Crippen LogP contribution is 2.38. The summed E-state index contributed by atoms with van der Waals surface area (Å²) in [6, 6.07) is 12.7. The highest BCUT2D eigenvalue weighted by atomic mass is 16.5. The Morgan fingerprint density at radius 3 is 1.68 bits per heavy atom. The lowest BCUT2D eigenvalue weighted by Gasteiger charge is -2.26. The molecule has 6 heteroatoms. The second kappa shape index (κ2) is 11.7. The molecule has 0 aliphatic carbocycles. The summed E-state index contributed by atoms with van der Waals surface area (Å²) < 4.78 is 17.2. The van der Waals surface area contributed by atoms with Crippen molar-refractivity contribution in [3.63, 3.8) is 0 Å². The van der Waals surface area contributed by atoms with E-state index in [1.54, 1.807) is 0 Å². The van der Waals surface area contributed by atoms with Crippen molar-refractivity contribution in [3.8, 4) is 22.6 Å². The predicted molar refractivity (Wildman–Crippen MR) is 137 cm³/mol. The van der Waals surface area contributed by atoms with Crippen LogP contribution < -0.4 is 9.47 Å². The van der Waals surface area contributed by atoms with Gasteiger partial charge in [0.15, 0.2) is 0 Å². The van der Waals surface area contributed by atoms with Crippen LogP contribution in [0.15, 0.2) is 36.4 Å². The minimum absolute atomic E-state index is 0.0602. The van der Waals surface area contributed by atoms with Gasteiger partial charge in [0.05, 0.1) is 6.61 Å². The van der Waals surface area contributed by atoms with Gasteiger partial charge in [-0.15, -0.1) is 0 Å². The third-order valence-corrected chi connectivity index (χ3v) is 5.42. The van der Waals surface area contributed by atoms with Gasteiger partial charge >= 0.3 is 5.97 Å². The van der Waals surface area contributed by atoms with Gasteiger partial charge in [0.25, 0.3) is 0 Å². The maximum atomic E-state index is 10.6. The predicted octanol–water partition coefficient (Wildman–Crippen LogP) is 5.37. The molecule has 0 bridgehead atoms. The smallest absolute Gasteiger partial charge is 0.329 e. The van der Waals surface area contributed by atoms with E-state index in [9.17, 15) is 4.79 Å². The first-order valence-corrected chi connectivity index (χ1v) is 11.8. The fourth-order valence-corrected chi connectivity index (χ4v) is 3.55. The number of aliphatic carboxylic acids is 1. The van der Waals surface area contributed by atoms with E-state index in [0.717, 1.165) is 34.7 Å². The number of hydrogen-bond acceptors (Lipinski definition) is 5. The van der Waals surface area contributed by atoms with E-state index in [0.29, 0.717) is 13.2 Å². The average Bonchev–Trinajstić information content (AvgIpc) is 2.72. The fraction of sp³-hybridized carbons (Fsp3) is 0.536. The lowest BCUT2D eigenvalue weighted by atomic mass is 9.82. The molecule has 0 aromatic heterocycles. The number of carbonyl (C=O) groups is 1. The molecule has 0 radical (unpaired) electrons. The molecule has 188 valence electrons. The number of likely N-dealkylation sites (N-methyl/N-ethyl adjacent to an activating group) is 1. The van der Waals surface area contributed by atoms with Crippen molar-refractivity contribution in [2.45, 2.75) is 52.4 Å². The maximum absolute atomic E-state index is 10.6. The second-order valence-corrected chi connectivity index (χ2v) is 10.9. The molecule has 6 nitrogen and oxygen atoms in total. The minimum atomic E-state index is -0.983. The largest absolute Gasteiger partial charge is 0.492 e. The van der Waals surface area contributed by atoms with Gasteiger partial charge in [-0.05, 0) is 60.3 Å². The number of nitrogens with zero attached hydrogens (tertiary/aromatic N) is 1. The molecule has 1 N–H and O–H groups in total. The zero-order chi connectivity index (χ0) is 25.5. The van der Waals surface area contributed by atoms with Crippen LogP contribution >= 0.6 is 0 Å². The number of benzene rings is 2. The van der Waals surface area contributed by atoms with Gasteiger partial charge in [-0.2, -0.15) is 0 Å². The Labute approximate surface area is 204 Å². The van der Waals surface area contributed by atoms with Gasteiger partial charge in [-0.3, -0.25) is 0 Å². The minimum Gasteiger partial charge on any atom is -0.492 e. The van der Waals surface area contributed by atoms with Crippen molar-refractivity contribution < 1.29 is 24.1 Å². The van der Waals surface area contributed by atoms with E-state index >= 15 is 0 Å². The first-order chi connectivity index (χ1) is 15.8. The molecule has 0 fully saturated rings. The SMILES string of the molecule is CN(C)CCOc1ccc(-c2ccc(OCCOCC(=O)O)c(C(C)(C)C)c2)cc1C(C)(C)C. The van der Waals surface area contributed by atoms with Crippen molar-refractivity contribution in [3.05, 3.63) is 47.5 Å². The van der Waals surface area contributed by atoms with Gasteiger partial charge in [-0.1, -0.05) is 53.7 Å². The molecule has 2 rings (SSSR count). The molecule has 0 amide bonds. The van der Waals surface area contributed by atoms with Crippen LogP contribution in [0.25, 0.3) is 11.1 Å². The summed E-state index contributed by atoms with van der Waals surface area (Å²) in [5, 5.41) is 8.70. The summed E-state index contributed by atoms with van der Waals surface area (Å²) >= 11 is 0. The van der Waals surface area contributed by atoms with E-state index < -0.39 is 5.97 Å². The topological polar surface area (TPSA) is 68.2 Å². The van der Waals surface area contributed by atoms with Crippen molar-refractivity contribution in [1.29, 1.82) is 0 Å². The van der Waals surface area contributed by atoms with Gasteiger partial charge in [0, 0.05) is 17.7 Å². The maximum Gasteiger partial charge on any atom is 0.329 e. The Bertz CT molecular complexity index is 954. The quantitative estimate of drug-likeness (QED) is 0.445. The molecule has 0 aliphatic rings. The lowest BCUT2D eigenvalue weighted by molar-refractivity contribution is -0.142. The average molecular weight is 472 g/mol. The van der Waals surface area contributed by atoms with Crippen LogP contribution in [0.2, 0.25) is 0 Å². The van der Waals surface area contributed by atoms with Gasteiger partial charge < -0.3 is 24.2 Å². The highest BCUT2D eigenvalue weighted by molar-refractivity contribution is 5.69. The Kier molecular flexibility index (Phi) is 9.54. The van der Waals surface area contributed by atoms with E-state index in [1.807, 2.05) is 20.2 Å². The molecule has 0 spiro atoms.